The van der Waals surface area contributed by atoms with Crippen LogP contribution >= 0.6 is 0 Å². The molecule has 1 nitrogen and oxygen atoms in total. The molecule has 0 aliphatic heterocycles. The van der Waals surface area contributed by atoms with Crippen LogP contribution in [0.2, 0.25) is 0 Å². The van der Waals surface area contributed by atoms with Crippen molar-refractivity contribution in [1.82, 2.24) is 0 Å². The van der Waals surface area contributed by atoms with E-state index in [0.717, 1.165) is 6.42 Å². The average Bonchev–Trinajstić information content (AvgIpc) is 2.38. The maximum Gasteiger partial charge on any atom is 0.0273 e. The standard InChI is InChI=1S/C15H15N/c1-16-12-11-13-7-9-15(10-8-13)14-5-3-2-4-6-14/h2-10,12H,11H2,1H3. The van der Waals surface area contributed by atoms with Crippen molar-refractivity contribution >= 4 is 6.21 Å². The number of benzene rings is 2. The van der Waals surface area contributed by atoms with Crippen molar-refractivity contribution in [2.75, 3.05) is 7.05 Å². The van der Waals surface area contributed by atoms with Gasteiger partial charge in [0.2, 0.25) is 0 Å². The highest BCUT2D eigenvalue weighted by Crippen LogP contribution is 2.19. The molecule has 0 amide bonds. The SMILES string of the molecule is CN=CCc1ccc(-c2ccccc2)cc1. The van der Waals surface area contributed by atoms with E-state index in [1.54, 1.807) is 7.05 Å². The van der Waals surface area contributed by atoms with Gasteiger partial charge in [-0.15, -0.1) is 0 Å². The van der Waals surface area contributed by atoms with Crippen LogP contribution in [0, 0.1) is 0 Å². The van der Waals surface area contributed by atoms with Gasteiger partial charge in [0.25, 0.3) is 0 Å². The van der Waals surface area contributed by atoms with Crippen molar-refractivity contribution in [2.24, 2.45) is 4.99 Å². The minimum Gasteiger partial charge on any atom is -0.301 e. The van der Waals surface area contributed by atoms with Gasteiger partial charge in [-0.3, -0.25) is 0 Å². The summed E-state index contributed by atoms with van der Waals surface area (Å²) in [6, 6.07) is 19.1. The van der Waals surface area contributed by atoms with Crippen LogP contribution in [0.15, 0.2) is 59.6 Å². The fourth-order valence-corrected chi connectivity index (χ4v) is 1.66. The van der Waals surface area contributed by atoms with Crippen LogP contribution in [0.3, 0.4) is 0 Å². The Kier molecular flexibility index (Phi) is 3.50. The molecule has 0 atom stereocenters. The van der Waals surface area contributed by atoms with Crippen molar-refractivity contribution in [3.8, 4) is 11.1 Å². The third-order valence-corrected chi connectivity index (χ3v) is 2.57. The van der Waals surface area contributed by atoms with Crippen molar-refractivity contribution in [3.63, 3.8) is 0 Å². The molecule has 0 spiro atoms. The van der Waals surface area contributed by atoms with Crippen molar-refractivity contribution in [1.29, 1.82) is 0 Å². The van der Waals surface area contributed by atoms with Gasteiger partial charge in [-0.1, -0.05) is 54.6 Å². The van der Waals surface area contributed by atoms with E-state index >= 15 is 0 Å². The quantitative estimate of drug-likeness (QED) is 0.685. The summed E-state index contributed by atoms with van der Waals surface area (Å²) in [4.78, 5) is 3.99. The van der Waals surface area contributed by atoms with Crippen LogP contribution in [-0.2, 0) is 6.42 Å². The Morgan fingerprint density at radius 1 is 0.875 bits per heavy atom. The van der Waals surface area contributed by atoms with E-state index in [-0.39, 0.29) is 0 Å². The van der Waals surface area contributed by atoms with Crippen molar-refractivity contribution in [3.05, 3.63) is 60.2 Å². The van der Waals surface area contributed by atoms with E-state index < -0.39 is 0 Å². The van der Waals surface area contributed by atoms with Crippen molar-refractivity contribution in [2.45, 2.75) is 6.42 Å². The summed E-state index contributed by atoms with van der Waals surface area (Å²) in [5.41, 5.74) is 3.82. The number of rotatable bonds is 3. The van der Waals surface area contributed by atoms with Gasteiger partial charge in [0, 0.05) is 19.7 Å². The molecule has 0 saturated heterocycles. The lowest BCUT2D eigenvalue weighted by atomic mass is 10.0. The largest absolute Gasteiger partial charge is 0.301 e. The van der Waals surface area contributed by atoms with E-state index in [1.165, 1.54) is 16.7 Å². The lowest BCUT2D eigenvalue weighted by Gasteiger charge is -2.02. The summed E-state index contributed by atoms with van der Waals surface area (Å²) in [5, 5.41) is 0. The van der Waals surface area contributed by atoms with Crippen LogP contribution < -0.4 is 0 Å². The molecule has 0 unspecified atom stereocenters. The Morgan fingerprint density at radius 3 is 2.12 bits per heavy atom. The highest BCUT2D eigenvalue weighted by molar-refractivity contribution is 5.65. The summed E-state index contributed by atoms with van der Waals surface area (Å²) in [6.07, 6.45) is 2.84. The molecule has 0 aromatic heterocycles. The molecule has 0 aliphatic carbocycles. The predicted molar refractivity (Wildman–Crippen MR) is 70.0 cm³/mol. The highest BCUT2D eigenvalue weighted by Gasteiger charge is 1.96. The topological polar surface area (TPSA) is 12.4 Å². The van der Waals surface area contributed by atoms with E-state index in [4.69, 9.17) is 0 Å². The van der Waals surface area contributed by atoms with Crippen molar-refractivity contribution < 1.29 is 0 Å². The molecule has 0 fully saturated rings. The Hall–Kier alpha value is -1.89. The molecule has 0 saturated carbocycles. The molecule has 0 aliphatic rings. The Morgan fingerprint density at radius 2 is 1.50 bits per heavy atom. The van der Waals surface area contributed by atoms with Gasteiger partial charge in [0.05, 0.1) is 0 Å². The zero-order chi connectivity index (χ0) is 11.2. The summed E-state index contributed by atoms with van der Waals surface area (Å²) in [6.45, 7) is 0. The molecule has 1 heteroatoms. The first-order chi connectivity index (χ1) is 7.90. The first kappa shape index (κ1) is 10.6. The smallest absolute Gasteiger partial charge is 0.0273 e. The molecule has 0 bridgehead atoms. The minimum absolute atomic E-state index is 0.908. The van der Waals surface area contributed by atoms with E-state index in [1.807, 2.05) is 12.3 Å². The zero-order valence-electron chi connectivity index (χ0n) is 9.43. The number of hydrogen-bond donors (Lipinski definition) is 0. The molecule has 2 aromatic rings. The molecule has 2 rings (SSSR count). The molecular weight excluding hydrogens is 194 g/mol. The first-order valence-electron chi connectivity index (χ1n) is 5.45. The Bertz CT molecular complexity index is 455. The van der Waals surface area contributed by atoms with Gasteiger partial charge in [0.1, 0.15) is 0 Å². The van der Waals surface area contributed by atoms with Gasteiger partial charge < -0.3 is 4.99 Å². The molecular formula is C15H15N. The second-order valence-electron chi connectivity index (χ2n) is 3.71. The Labute approximate surface area is 96.5 Å². The number of aliphatic imine (C=N–C) groups is 1. The number of nitrogens with zero attached hydrogens (tertiary/aromatic N) is 1. The van der Waals surface area contributed by atoms with Gasteiger partial charge in [-0.05, 0) is 16.7 Å². The summed E-state index contributed by atoms with van der Waals surface area (Å²) in [7, 11) is 1.80. The lowest BCUT2D eigenvalue weighted by Crippen LogP contribution is -1.86. The van der Waals surface area contributed by atoms with Crippen LogP contribution in [0.4, 0.5) is 0 Å². The Balaban J connectivity index is 2.20. The molecule has 0 heterocycles. The second-order valence-corrected chi connectivity index (χ2v) is 3.71. The van der Waals surface area contributed by atoms with Crippen LogP contribution in [-0.4, -0.2) is 13.3 Å². The molecule has 16 heavy (non-hydrogen) atoms. The van der Waals surface area contributed by atoms with Crippen LogP contribution in [0.1, 0.15) is 5.56 Å². The molecule has 0 N–H and O–H groups in total. The fourth-order valence-electron chi connectivity index (χ4n) is 1.66. The summed E-state index contributed by atoms with van der Waals surface area (Å²) < 4.78 is 0. The fraction of sp³-hybridized carbons (Fsp3) is 0.133. The van der Waals surface area contributed by atoms with E-state index in [2.05, 4.69) is 53.5 Å². The molecule has 0 radical (unpaired) electrons. The van der Waals surface area contributed by atoms with Crippen LogP contribution in [0.25, 0.3) is 11.1 Å². The van der Waals surface area contributed by atoms with Gasteiger partial charge in [0.15, 0.2) is 0 Å². The van der Waals surface area contributed by atoms with Crippen LogP contribution in [0.5, 0.6) is 0 Å². The van der Waals surface area contributed by atoms with Gasteiger partial charge in [-0.25, -0.2) is 0 Å². The van der Waals surface area contributed by atoms with Gasteiger partial charge >= 0.3 is 0 Å². The minimum atomic E-state index is 0.908. The summed E-state index contributed by atoms with van der Waals surface area (Å²) >= 11 is 0. The predicted octanol–water partition coefficient (Wildman–Crippen LogP) is 3.60. The second kappa shape index (κ2) is 5.26. The highest BCUT2D eigenvalue weighted by atomic mass is 14.6. The molecule has 80 valence electrons. The third-order valence-electron chi connectivity index (χ3n) is 2.57. The maximum atomic E-state index is 3.99. The average molecular weight is 209 g/mol. The third kappa shape index (κ3) is 2.57. The van der Waals surface area contributed by atoms with Gasteiger partial charge in [-0.2, -0.15) is 0 Å². The number of hydrogen-bond acceptors (Lipinski definition) is 1. The first-order valence-corrected chi connectivity index (χ1v) is 5.45. The maximum absolute atomic E-state index is 3.99. The van der Waals surface area contributed by atoms with E-state index in [9.17, 15) is 0 Å². The lowest BCUT2D eigenvalue weighted by molar-refractivity contribution is 1.32. The molecule has 2 aromatic carbocycles. The normalized spacial score (nSPS) is 10.8. The zero-order valence-corrected chi connectivity index (χ0v) is 9.43. The summed E-state index contributed by atoms with van der Waals surface area (Å²) in [5.74, 6) is 0. The monoisotopic (exact) mass is 209 g/mol. The van der Waals surface area contributed by atoms with E-state index in [0.29, 0.717) is 0 Å².